The van der Waals surface area contributed by atoms with Crippen molar-refractivity contribution < 1.29 is 19.4 Å². The second-order valence-electron chi connectivity index (χ2n) is 3.87. The summed E-state index contributed by atoms with van der Waals surface area (Å²) in [5.41, 5.74) is 1.54. The van der Waals surface area contributed by atoms with Gasteiger partial charge in [0.1, 0.15) is 12.3 Å². The van der Waals surface area contributed by atoms with Crippen LogP contribution in [0.5, 0.6) is 5.75 Å². The Morgan fingerprint density at radius 2 is 2.24 bits per heavy atom. The summed E-state index contributed by atoms with van der Waals surface area (Å²) in [7, 11) is 1.28. The van der Waals surface area contributed by atoms with Gasteiger partial charge in [-0.3, -0.25) is 9.59 Å². The van der Waals surface area contributed by atoms with Crippen molar-refractivity contribution in [3.8, 4) is 5.75 Å². The van der Waals surface area contributed by atoms with E-state index in [9.17, 15) is 14.7 Å². The van der Waals surface area contributed by atoms with E-state index in [-0.39, 0.29) is 18.2 Å². The molecule has 1 aromatic carbocycles. The molecule has 1 aliphatic rings. The Morgan fingerprint density at radius 1 is 1.47 bits per heavy atom. The molecule has 0 radical (unpaired) electrons. The number of amides is 1. The smallest absolute Gasteiger partial charge is 0.325 e. The van der Waals surface area contributed by atoms with Gasteiger partial charge in [0.15, 0.2) is 0 Å². The largest absolute Gasteiger partial charge is 0.508 e. The minimum atomic E-state index is -0.477. The molecule has 0 aliphatic carbocycles. The number of carbonyl (C=O) groups excluding carboxylic acids is 2. The molecule has 0 saturated heterocycles. The lowest BCUT2D eigenvalue weighted by atomic mass is 10.0. The quantitative estimate of drug-likeness (QED) is 0.771. The maximum atomic E-state index is 11.8. The van der Waals surface area contributed by atoms with E-state index in [2.05, 4.69) is 4.74 Å². The minimum Gasteiger partial charge on any atom is -0.508 e. The summed E-state index contributed by atoms with van der Waals surface area (Å²) >= 11 is 0. The summed E-state index contributed by atoms with van der Waals surface area (Å²) in [5, 5.41) is 9.43. The third-order valence-corrected chi connectivity index (χ3v) is 2.78. The van der Waals surface area contributed by atoms with Crippen molar-refractivity contribution >= 4 is 17.6 Å². The Kier molecular flexibility index (Phi) is 2.99. The Labute approximate surface area is 98.6 Å². The first-order valence-corrected chi connectivity index (χ1v) is 5.31. The Hall–Kier alpha value is -2.04. The number of anilines is 1. The van der Waals surface area contributed by atoms with Crippen LogP contribution in [0.15, 0.2) is 18.2 Å². The highest BCUT2D eigenvalue weighted by Gasteiger charge is 2.26. The summed E-state index contributed by atoms with van der Waals surface area (Å²) in [6, 6.07) is 4.83. The SMILES string of the molecule is COC(=O)CN1C(=O)CCc2ccc(O)cc21. The van der Waals surface area contributed by atoms with Gasteiger partial charge in [0.25, 0.3) is 0 Å². The van der Waals surface area contributed by atoms with Crippen molar-refractivity contribution in [3.63, 3.8) is 0 Å². The monoisotopic (exact) mass is 235 g/mol. The first-order chi connectivity index (χ1) is 8.11. The van der Waals surface area contributed by atoms with Crippen LogP contribution in [0.25, 0.3) is 0 Å². The lowest BCUT2D eigenvalue weighted by Crippen LogP contribution is -2.39. The predicted molar refractivity (Wildman–Crippen MR) is 60.8 cm³/mol. The normalized spacial score (nSPS) is 14.4. The van der Waals surface area contributed by atoms with Crippen LogP contribution in [0, 0.1) is 0 Å². The number of hydrogen-bond donors (Lipinski definition) is 1. The molecule has 0 aromatic heterocycles. The summed E-state index contributed by atoms with van der Waals surface area (Å²) in [5.74, 6) is -0.531. The topological polar surface area (TPSA) is 66.8 Å². The fourth-order valence-corrected chi connectivity index (χ4v) is 1.89. The lowest BCUT2D eigenvalue weighted by molar-refractivity contribution is -0.140. The Balaban J connectivity index is 2.35. The van der Waals surface area contributed by atoms with E-state index in [0.717, 1.165) is 5.56 Å². The van der Waals surface area contributed by atoms with Gasteiger partial charge in [0.05, 0.1) is 12.8 Å². The standard InChI is InChI=1S/C12H13NO4/c1-17-12(16)7-13-10-6-9(14)4-2-8(10)3-5-11(13)15/h2,4,6,14H,3,5,7H2,1H3. The third kappa shape index (κ3) is 2.22. The fourth-order valence-electron chi connectivity index (χ4n) is 1.89. The van der Waals surface area contributed by atoms with Gasteiger partial charge >= 0.3 is 5.97 Å². The third-order valence-electron chi connectivity index (χ3n) is 2.78. The molecule has 90 valence electrons. The molecule has 1 N–H and O–H groups in total. The molecule has 0 unspecified atom stereocenters. The van der Waals surface area contributed by atoms with E-state index in [1.165, 1.54) is 18.1 Å². The number of hydrogen-bond acceptors (Lipinski definition) is 4. The zero-order valence-corrected chi connectivity index (χ0v) is 9.47. The molecule has 2 rings (SSSR count). The van der Waals surface area contributed by atoms with Crippen molar-refractivity contribution in [2.75, 3.05) is 18.6 Å². The van der Waals surface area contributed by atoms with Crippen LogP contribution < -0.4 is 4.90 Å². The van der Waals surface area contributed by atoms with Crippen molar-refractivity contribution in [1.82, 2.24) is 0 Å². The van der Waals surface area contributed by atoms with E-state index in [1.54, 1.807) is 12.1 Å². The van der Waals surface area contributed by atoms with Crippen molar-refractivity contribution in [2.24, 2.45) is 0 Å². The van der Waals surface area contributed by atoms with Gasteiger partial charge in [0.2, 0.25) is 5.91 Å². The van der Waals surface area contributed by atoms with Gasteiger partial charge < -0.3 is 14.7 Å². The number of benzene rings is 1. The average Bonchev–Trinajstić information content (AvgIpc) is 2.32. The van der Waals surface area contributed by atoms with E-state index in [4.69, 9.17) is 0 Å². The molecule has 0 spiro atoms. The highest BCUT2D eigenvalue weighted by Crippen LogP contribution is 2.30. The number of aryl methyl sites for hydroxylation is 1. The maximum Gasteiger partial charge on any atom is 0.325 e. The number of rotatable bonds is 2. The van der Waals surface area contributed by atoms with Crippen molar-refractivity contribution in [2.45, 2.75) is 12.8 Å². The van der Waals surface area contributed by atoms with Gasteiger partial charge in [0, 0.05) is 12.5 Å². The summed E-state index contributed by atoms with van der Waals surface area (Å²) in [4.78, 5) is 24.3. The van der Waals surface area contributed by atoms with Gasteiger partial charge in [-0.2, -0.15) is 0 Å². The molecule has 0 atom stereocenters. The molecular weight excluding hydrogens is 222 g/mol. The second-order valence-corrected chi connectivity index (χ2v) is 3.87. The van der Waals surface area contributed by atoms with Crippen molar-refractivity contribution in [3.05, 3.63) is 23.8 Å². The van der Waals surface area contributed by atoms with Crippen LogP contribution in [0.2, 0.25) is 0 Å². The number of esters is 1. The van der Waals surface area contributed by atoms with E-state index in [1.807, 2.05) is 0 Å². The molecule has 17 heavy (non-hydrogen) atoms. The Bertz CT molecular complexity index is 470. The van der Waals surface area contributed by atoms with Gasteiger partial charge in [-0.1, -0.05) is 6.07 Å². The zero-order chi connectivity index (χ0) is 12.4. The molecule has 1 aromatic rings. The number of carbonyl (C=O) groups is 2. The number of ether oxygens (including phenoxy) is 1. The highest BCUT2D eigenvalue weighted by atomic mass is 16.5. The highest BCUT2D eigenvalue weighted by molar-refractivity contribution is 6.00. The number of aromatic hydroxyl groups is 1. The zero-order valence-electron chi connectivity index (χ0n) is 9.47. The lowest BCUT2D eigenvalue weighted by Gasteiger charge is -2.28. The van der Waals surface area contributed by atoms with Gasteiger partial charge in [-0.25, -0.2) is 0 Å². The predicted octanol–water partition coefficient (Wildman–Crippen LogP) is 0.844. The second kappa shape index (κ2) is 4.45. The van der Waals surface area contributed by atoms with Gasteiger partial charge in [-0.05, 0) is 18.1 Å². The van der Waals surface area contributed by atoms with E-state index < -0.39 is 5.97 Å². The molecule has 0 bridgehead atoms. The Morgan fingerprint density at radius 3 is 2.94 bits per heavy atom. The molecule has 0 fully saturated rings. The van der Waals surface area contributed by atoms with E-state index >= 15 is 0 Å². The number of phenols is 1. The molecule has 0 saturated carbocycles. The molecule has 1 amide bonds. The first kappa shape index (κ1) is 11.4. The van der Waals surface area contributed by atoms with Crippen LogP contribution in [-0.4, -0.2) is 30.6 Å². The average molecular weight is 235 g/mol. The van der Waals surface area contributed by atoms with Crippen molar-refractivity contribution in [1.29, 1.82) is 0 Å². The number of methoxy groups -OCH3 is 1. The van der Waals surface area contributed by atoms with Gasteiger partial charge in [-0.15, -0.1) is 0 Å². The van der Waals surface area contributed by atoms with Crippen LogP contribution >= 0.6 is 0 Å². The van der Waals surface area contributed by atoms with Crippen LogP contribution in [0.4, 0.5) is 5.69 Å². The van der Waals surface area contributed by atoms with Crippen LogP contribution in [-0.2, 0) is 20.7 Å². The molecule has 5 heteroatoms. The minimum absolute atomic E-state index is 0.0771. The number of phenolic OH excluding ortho intramolecular Hbond substituents is 1. The molecule has 1 aliphatic heterocycles. The maximum absolute atomic E-state index is 11.8. The van der Waals surface area contributed by atoms with E-state index in [0.29, 0.717) is 18.5 Å². The summed E-state index contributed by atoms with van der Waals surface area (Å²) in [6.07, 6.45) is 1.00. The summed E-state index contributed by atoms with van der Waals surface area (Å²) < 4.78 is 4.55. The fraction of sp³-hybridized carbons (Fsp3) is 0.333. The first-order valence-electron chi connectivity index (χ1n) is 5.31. The molecule has 1 heterocycles. The number of nitrogens with zero attached hydrogens (tertiary/aromatic N) is 1. The molecular formula is C12H13NO4. The molecule has 5 nitrogen and oxygen atoms in total. The van der Waals surface area contributed by atoms with Crippen LogP contribution in [0.3, 0.4) is 0 Å². The van der Waals surface area contributed by atoms with Crippen LogP contribution in [0.1, 0.15) is 12.0 Å². The number of fused-ring (bicyclic) bond motifs is 1. The summed E-state index contributed by atoms with van der Waals surface area (Å²) in [6.45, 7) is -0.119.